The summed E-state index contributed by atoms with van der Waals surface area (Å²) < 4.78 is 41.0. The van der Waals surface area contributed by atoms with Gasteiger partial charge in [-0.1, -0.05) is 0 Å². The number of carbonyl (C=O) groups excluding carboxylic acids is 1. The Balaban J connectivity index is 2.92. The molecule has 17 heavy (non-hydrogen) atoms. The lowest BCUT2D eigenvalue weighted by Gasteiger charge is -2.26. The summed E-state index contributed by atoms with van der Waals surface area (Å²) in [5, 5.41) is 3.94. The summed E-state index contributed by atoms with van der Waals surface area (Å²) >= 11 is 1.08. The number of hydrogen-bond donors (Lipinski definition) is 1. The summed E-state index contributed by atoms with van der Waals surface area (Å²) in [4.78, 5) is 15.4. The number of ether oxygens (including phenoxy) is 1. The molecule has 0 spiro atoms. The Kier molecular flexibility index (Phi) is 4.10. The first kappa shape index (κ1) is 13.9. The van der Waals surface area contributed by atoms with E-state index in [0.29, 0.717) is 0 Å². The second-order valence-electron chi connectivity index (χ2n) is 3.42. The number of esters is 1. The molecule has 0 aliphatic carbocycles. The van der Waals surface area contributed by atoms with Gasteiger partial charge in [-0.25, -0.2) is 9.78 Å². The van der Waals surface area contributed by atoms with Crippen LogP contribution in [0.1, 0.15) is 11.9 Å². The molecule has 1 N–H and O–H groups in total. The molecule has 1 atom stereocenters. The molecule has 1 rings (SSSR count). The van der Waals surface area contributed by atoms with E-state index in [-0.39, 0.29) is 5.01 Å². The summed E-state index contributed by atoms with van der Waals surface area (Å²) in [5.41, 5.74) is -1.58. The van der Waals surface area contributed by atoms with Gasteiger partial charge in [0.15, 0.2) is 5.54 Å². The van der Waals surface area contributed by atoms with Gasteiger partial charge in [0.25, 0.3) is 0 Å². The van der Waals surface area contributed by atoms with Gasteiger partial charge in [0.2, 0.25) is 0 Å². The molecule has 1 heterocycles. The van der Waals surface area contributed by atoms with Crippen molar-refractivity contribution in [1.29, 1.82) is 0 Å². The normalized spacial score (nSPS) is 15.4. The van der Waals surface area contributed by atoms with Crippen LogP contribution in [0.2, 0.25) is 0 Å². The first-order chi connectivity index (χ1) is 7.79. The first-order valence-electron chi connectivity index (χ1n) is 4.60. The molecule has 8 heteroatoms. The van der Waals surface area contributed by atoms with Crippen molar-refractivity contribution in [2.45, 2.75) is 18.6 Å². The lowest BCUT2D eigenvalue weighted by atomic mass is 10.0. The lowest BCUT2D eigenvalue weighted by molar-refractivity contribution is -0.153. The zero-order chi connectivity index (χ0) is 13.1. The van der Waals surface area contributed by atoms with Gasteiger partial charge in [-0.15, -0.1) is 11.3 Å². The molecule has 0 aliphatic rings. The summed E-state index contributed by atoms with van der Waals surface area (Å²) in [6.07, 6.45) is -3.00. The number of thiazole rings is 1. The smallest absolute Gasteiger partial charge is 0.401 e. The molecule has 0 amide bonds. The first-order valence-corrected chi connectivity index (χ1v) is 5.48. The fourth-order valence-corrected chi connectivity index (χ4v) is 1.95. The molecule has 0 fully saturated rings. The summed E-state index contributed by atoms with van der Waals surface area (Å²) in [5.74, 6) is -0.809. The molecular formula is C9H11F3N2O2S. The number of nitrogens with one attached hydrogen (secondary N) is 1. The van der Waals surface area contributed by atoms with Crippen LogP contribution >= 0.6 is 11.3 Å². The van der Waals surface area contributed by atoms with Gasteiger partial charge in [0.1, 0.15) is 5.01 Å². The molecule has 0 saturated carbocycles. The van der Waals surface area contributed by atoms with Crippen LogP contribution in [0.15, 0.2) is 11.6 Å². The molecule has 0 aromatic carbocycles. The number of halogens is 3. The van der Waals surface area contributed by atoms with Gasteiger partial charge in [0.05, 0.1) is 13.7 Å². The second kappa shape index (κ2) is 5.01. The highest BCUT2D eigenvalue weighted by Crippen LogP contribution is 2.26. The quantitative estimate of drug-likeness (QED) is 0.844. The molecule has 1 aromatic rings. The maximum Gasteiger partial charge on any atom is 0.401 e. The number of methoxy groups -OCH3 is 1. The monoisotopic (exact) mass is 268 g/mol. The molecule has 0 bridgehead atoms. The number of nitrogens with zero attached hydrogens (tertiary/aromatic N) is 1. The minimum atomic E-state index is -4.41. The van der Waals surface area contributed by atoms with E-state index in [9.17, 15) is 18.0 Å². The van der Waals surface area contributed by atoms with Crippen molar-refractivity contribution in [3.05, 3.63) is 16.6 Å². The zero-order valence-corrected chi connectivity index (χ0v) is 9.98. The second-order valence-corrected chi connectivity index (χ2v) is 4.32. The van der Waals surface area contributed by atoms with Gasteiger partial charge >= 0.3 is 12.1 Å². The predicted molar refractivity (Wildman–Crippen MR) is 55.5 cm³/mol. The van der Waals surface area contributed by atoms with Crippen molar-refractivity contribution in [2.75, 3.05) is 13.7 Å². The Bertz CT molecular complexity index is 380. The Hall–Kier alpha value is -1.15. The Labute approximate surface area is 99.8 Å². The number of rotatable bonds is 4. The van der Waals surface area contributed by atoms with E-state index in [0.717, 1.165) is 18.4 Å². The van der Waals surface area contributed by atoms with E-state index in [1.54, 1.807) is 5.38 Å². The SMILES string of the molecule is COC(=O)C(C)(NCC(F)(F)F)c1nccs1. The van der Waals surface area contributed by atoms with E-state index < -0.39 is 24.2 Å². The van der Waals surface area contributed by atoms with E-state index in [2.05, 4.69) is 15.0 Å². The number of alkyl halides is 3. The highest BCUT2D eigenvalue weighted by Gasteiger charge is 2.42. The van der Waals surface area contributed by atoms with E-state index in [1.807, 2.05) is 0 Å². The average Bonchev–Trinajstić information content (AvgIpc) is 2.77. The maximum absolute atomic E-state index is 12.2. The average molecular weight is 268 g/mol. The van der Waals surface area contributed by atoms with Crippen LogP contribution in [0, 0.1) is 0 Å². The molecule has 1 unspecified atom stereocenters. The van der Waals surface area contributed by atoms with Crippen molar-refractivity contribution in [3.63, 3.8) is 0 Å². The van der Waals surface area contributed by atoms with Gasteiger partial charge in [-0.2, -0.15) is 13.2 Å². The van der Waals surface area contributed by atoms with E-state index >= 15 is 0 Å². The van der Waals surface area contributed by atoms with Crippen molar-refractivity contribution >= 4 is 17.3 Å². The lowest BCUT2D eigenvalue weighted by Crippen LogP contribution is -2.50. The number of hydrogen-bond acceptors (Lipinski definition) is 5. The third kappa shape index (κ3) is 3.40. The summed E-state index contributed by atoms with van der Waals surface area (Å²) in [6.45, 7) is 0.0155. The van der Waals surface area contributed by atoms with Gasteiger partial charge < -0.3 is 4.74 Å². The summed E-state index contributed by atoms with van der Waals surface area (Å²) in [7, 11) is 1.11. The Morgan fingerprint density at radius 1 is 1.59 bits per heavy atom. The van der Waals surface area contributed by atoms with Crippen LogP contribution in [0.3, 0.4) is 0 Å². The fraction of sp³-hybridized carbons (Fsp3) is 0.556. The van der Waals surface area contributed by atoms with Crippen LogP contribution in [-0.2, 0) is 15.1 Å². The minimum absolute atomic E-state index is 0.230. The van der Waals surface area contributed by atoms with Crippen LogP contribution in [-0.4, -0.2) is 30.8 Å². The van der Waals surface area contributed by atoms with E-state index in [4.69, 9.17) is 0 Å². The third-order valence-corrected chi connectivity index (χ3v) is 3.09. The van der Waals surface area contributed by atoms with Crippen LogP contribution in [0.25, 0.3) is 0 Å². The molecule has 1 aromatic heterocycles. The number of aromatic nitrogens is 1. The molecule has 96 valence electrons. The fourth-order valence-electron chi connectivity index (χ4n) is 1.19. The highest BCUT2D eigenvalue weighted by atomic mass is 32.1. The highest BCUT2D eigenvalue weighted by molar-refractivity contribution is 7.09. The maximum atomic E-state index is 12.2. The number of carbonyl (C=O) groups is 1. The standard InChI is InChI=1S/C9H11F3N2O2S/c1-8(7(15)16-2,6-13-3-4-17-6)14-5-9(10,11)12/h3-4,14H,5H2,1-2H3. The zero-order valence-electron chi connectivity index (χ0n) is 9.17. The molecule has 4 nitrogen and oxygen atoms in total. The Morgan fingerprint density at radius 3 is 2.65 bits per heavy atom. The summed E-state index contributed by atoms with van der Waals surface area (Å²) in [6, 6.07) is 0. The van der Waals surface area contributed by atoms with Gasteiger partial charge in [-0.3, -0.25) is 5.32 Å². The largest absolute Gasteiger partial charge is 0.467 e. The molecule has 0 radical (unpaired) electrons. The van der Waals surface area contributed by atoms with Crippen molar-refractivity contribution in [1.82, 2.24) is 10.3 Å². The van der Waals surface area contributed by atoms with Gasteiger partial charge in [0, 0.05) is 11.6 Å². The van der Waals surface area contributed by atoms with E-state index in [1.165, 1.54) is 13.1 Å². The molecular weight excluding hydrogens is 257 g/mol. The van der Waals surface area contributed by atoms with Crippen molar-refractivity contribution in [2.24, 2.45) is 0 Å². The van der Waals surface area contributed by atoms with Crippen LogP contribution in [0.5, 0.6) is 0 Å². The topological polar surface area (TPSA) is 51.2 Å². The van der Waals surface area contributed by atoms with Crippen molar-refractivity contribution in [3.8, 4) is 0 Å². The predicted octanol–water partition coefficient (Wildman–Crippen LogP) is 1.68. The molecule has 0 saturated heterocycles. The molecule has 0 aliphatic heterocycles. The Morgan fingerprint density at radius 2 is 2.24 bits per heavy atom. The minimum Gasteiger partial charge on any atom is -0.467 e. The van der Waals surface area contributed by atoms with Gasteiger partial charge in [-0.05, 0) is 6.92 Å². The third-order valence-electron chi connectivity index (χ3n) is 2.10. The van der Waals surface area contributed by atoms with Crippen LogP contribution in [0.4, 0.5) is 13.2 Å². The van der Waals surface area contributed by atoms with Crippen LogP contribution < -0.4 is 5.32 Å². The van der Waals surface area contributed by atoms with Crippen molar-refractivity contribution < 1.29 is 22.7 Å².